The zero-order chi connectivity index (χ0) is 20.1. The van der Waals surface area contributed by atoms with Gasteiger partial charge in [0.05, 0.1) is 18.0 Å². The molecule has 0 atom stereocenters. The topological polar surface area (TPSA) is 27.1 Å². The number of hydrogen-bond acceptors (Lipinski definition) is 2. The minimum Gasteiger partial charge on any atom is -0.493 e. The average Bonchev–Trinajstić information content (AvgIpc) is 3.14. The molecular formula is C25H32N2O. The van der Waals surface area contributed by atoms with Crippen LogP contribution in [0.25, 0.3) is 16.8 Å². The number of nitrogens with zero attached hydrogens (tertiary/aromatic N) is 2. The molecule has 0 unspecified atom stereocenters. The molecule has 2 aromatic carbocycles. The van der Waals surface area contributed by atoms with Crippen molar-refractivity contribution in [3.63, 3.8) is 0 Å². The van der Waals surface area contributed by atoms with Crippen LogP contribution in [0.2, 0.25) is 0 Å². The molecule has 1 heterocycles. The van der Waals surface area contributed by atoms with Crippen LogP contribution >= 0.6 is 0 Å². The maximum Gasteiger partial charge on any atom is 0.119 e. The first kappa shape index (κ1) is 20.2. The zero-order valence-electron chi connectivity index (χ0n) is 17.8. The van der Waals surface area contributed by atoms with Crippen molar-refractivity contribution in [2.24, 2.45) is 5.92 Å². The van der Waals surface area contributed by atoms with Gasteiger partial charge in [-0.05, 0) is 72.6 Å². The molecule has 3 aromatic rings. The van der Waals surface area contributed by atoms with Crippen LogP contribution in [0.4, 0.5) is 0 Å². The minimum absolute atomic E-state index is 0.525. The molecule has 3 rings (SSSR count). The average molecular weight is 377 g/mol. The summed E-state index contributed by atoms with van der Waals surface area (Å²) in [6.45, 7) is 11.6. The van der Waals surface area contributed by atoms with Gasteiger partial charge >= 0.3 is 0 Å². The highest BCUT2D eigenvalue weighted by Gasteiger charge is 2.15. The number of ether oxygens (including phenoxy) is 1. The summed E-state index contributed by atoms with van der Waals surface area (Å²) in [5.41, 5.74) is 5.98. The van der Waals surface area contributed by atoms with E-state index in [4.69, 9.17) is 4.74 Å². The lowest BCUT2D eigenvalue weighted by Gasteiger charge is -2.19. The fraction of sp³-hybridized carbons (Fsp3) is 0.400. The van der Waals surface area contributed by atoms with Crippen molar-refractivity contribution in [3.05, 3.63) is 66.0 Å². The molecule has 0 saturated carbocycles. The van der Waals surface area contributed by atoms with Crippen molar-refractivity contribution in [1.29, 1.82) is 0 Å². The Morgan fingerprint density at radius 1 is 0.929 bits per heavy atom. The lowest BCUT2D eigenvalue weighted by Crippen LogP contribution is -2.05. The normalized spacial score (nSPS) is 11.4. The fourth-order valence-electron chi connectivity index (χ4n) is 3.55. The molecule has 0 amide bonds. The third kappa shape index (κ3) is 4.64. The Hall–Kier alpha value is -2.55. The Bertz CT molecular complexity index is 889. The van der Waals surface area contributed by atoms with Crippen LogP contribution < -0.4 is 4.74 Å². The predicted octanol–water partition coefficient (Wildman–Crippen LogP) is 6.79. The zero-order valence-corrected chi connectivity index (χ0v) is 17.8. The summed E-state index contributed by atoms with van der Waals surface area (Å²) in [5, 5.41) is 4.68. The summed E-state index contributed by atoms with van der Waals surface area (Å²) < 4.78 is 7.84. The van der Waals surface area contributed by atoms with Crippen LogP contribution in [0.1, 0.15) is 57.7 Å². The van der Waals surface area contributed by atoms with E-state index in [1.165, 1.54) is 22.4 Å². The summed E-state index contributed by atoms with van der Waals surface area (Å²) >= 11 is 0. The van der Waals surface area contributed by atoms with E-state index in [-0.39, 0.29) is 0 Å². The second-order valence-corrected chi connectivity index (χ2v) is 7.92. The van der Waals surface area contributed by atoms with Crippen molar-refractivity contribution >= 4 is 0 Å². The molecule has 0 spiro atoms. The second kappa shape index (κ2) is 9.09. The van der Waals surface area contributed by atoms with Crippen molar-refractivity contribution in [2.45, 2.75) is 53.4 Å². The lowest BCUT2D eigenvalue weighted by molar-refractivity contribution is 0.271. The third-order valence-corrected chi connectivity index (χ3v) is 5.20. The van der Waals surface area contributed by atoms with Crippen LogP contribution in [-0.4, -0.2) is 16.4 Å². The molecule has 0 N–H and O–H groups in total. The van der Waals surface area contributed by atoms with Crippen molar-refractivity contribution < 1.29 is 4.74 Å². The van der Waals surface area contributed by atoms with Gasteiger partial charge in [0.1, 0.15) is 5.75 Å². The molecule has 0 aliphatic carbocycles. The van der Waals surface area contributed by atoms with E-state index in [0.717, 1.165) is 30.9 Å². The van der Waals surface area contributed by atoms with Crippen LogP contribution in [0.3, 0.4) is 0 Å². The van der Waals surface area contributed by atoms with Gasteiger partial charge in [-0.25, -0.2) is 4.68 Å². The number of benzene rings is 2. The maximum absolute atomic E-state index is 5.82. The molecule has 3 nitrogen and oxygen atoms in total. The molecule has 0 fully saturated rings. The van der Waals surface area contributed by atoms with E-state index in [1.54, 1.807) is 0 Å². The molecule has 148 valence electrons. The highest BCUT2D eigenvalue weighted by Crippen LogP contribution is 2.33. The van der Waals surface area contributed by atoms with E-state index in [0.29, 0.717) is 11.8 Å². The first-order valence-corrected chi connectivity index (χ1v) is 10.4. The van der Waals surface area contributed by atoms with Crippen LogP contribution in [0.15, 0.2) is 54.7 Å². The van der Waals surface area contributed by atoms with Gasteiger partial charge in [0.15, 0.2) is 0 Å². The minimum atomic E-state index is 0.525. The highest BCUT2D eigenvalue weighted by atomic mass is 16.5. The summed E-state index contributed by atoms with van der Waals surface area (Å²) in [5.74, 6) is 1.99. The SMILES string of the molecule is CCC(CC)c1ccc(-c2ccc(OCC(C)C)cc2)cc1-n1ccc(C)n1. The molecule has 28 heavy (non-hydrogen) atoms. The Balaban J connectivity index is 1.96. The molecule has 0 aliphatic rings. The molecule has 0 saturated heterocycles. The molecule has 0 aliphatic heterocycles. The summed E-state index contributed by atoms with van der Waals surface area (Å²) in [6.07, 6.45) is 4.32. The molecule has 0 radical (unpaired) electrons. The van der Waals surface area contributed by atoms with Gasteiger partial charge < -0.3 is 4.74 Å². The Labute approximate surface area is 169 Å². The van der Waals surface area contributed by atoms with E-state index >= 15 is 0 Å². The molecule has 0 bridgehead atoms. The van der Waals surface area contributed by atoms with Gasteiger partial charge in [-0.15, -0.1) is 0 Å². The van der Waals surface area contributed by atoms with Crippen LogP contribution in [-0.2, 0) is 0 Å². The standard InChI is InChI=1S/C25H32N2O/c1-6-20(7-2)24-13-10-22(16-25(24)27-15-14-19(5)26-27)21-8-11-23(12-9-21)28-17-18(3)4/h8-16,18,20H,6-7,17H2,1-5H3. The summed E-state index contributed by atoms with van der Waals surface area (Å²) in [7, 11) is 0. The van der Waals surface area contributed by atoms with E-state index in [2.05, 4.69) is 87.5 Å². The largest absolute Gasteiger partial charge is 0.493 e. The first-order chi connectivity index (χ1) is 13.5. The molecule has 3 heteroatoms. The summed E-state index contributed by atoms with van der Waals surface area (Å²) in [4.78, 5) is 0. The first-order valence-electron chi connectivity index (χ1n) is 10.4. The van der Waals surface area contributed by atoms with Gasteiger partial charge in [-0.1, -0.05) is 52.0 Å². The quantitative estimate of drug-likeness (QED) is 0.433. The highest BCUT2D eigenvalue weighted by molar-refractivity contribution is 5.68. The molecular weight excluding hydrogens is 344 g/mol. The van der Waals surface area contributed by atoms with E-state index in [9.17, 15) is 0 Å². The predicted molar refractivity (Wildman–Crippen MR) is 117 cm³/mol. The summed E-state index contributed by atoms with van der Waals surface area (Å²) in [6, 6.07) is 17.2. The maximum atomic E-state index is 5.82. The number of rotatable bonds is 8. The van der Waals surface area contributed by atoms with Gasteiger partial charge in [0.2, 0.25) is 0 Å². The van der Waals surface area contributed by atoms with Gasteiger partial charge in [-0.3, -0.25) is 0 Å². The fourth-order valence-corrected chi connectivity index (χ4v) is 3.55. The van der Waals surface area contributed by atoms with E-state index in [1.807, 2.05) is 11.6 Å². The Morgan fingerprint density at radius 2 is 1.61 bits per heavy atom. The number of aromatic nitrogens is 2. The van der Waals surface area contributed by atoms with Gasteiger partial charge in [-0.2, -0.15) is 5.10 Å². The van der Waals surface area contributed by atoms with Gasteiger partial charge in [0, 0.05) is 6.20 Å². The lowest BCUT2D eigenvalue weighted by atomic mass is 9.90. The Kier molecular flexibility index (Phi) is 6.56. The van der Waals surface area contributed by atoms with Crippen molar-refractivity contribution in [3.8, 4) is 22.6 Å². The van der Waals surface area contributed by atoms with E-state index < -0.39 is 0 Å². The van der Waals surface area contributed by atoms with Crippen molar-refractivity contribution in [2.75, 3.05) is 6.61 Å². The Morgan fingerprint density at radius 3 is 2.18 bits per heavy atom. The van der Waals surface area contributed by atoms with Crippen LogP contribution in [0, 0.1) is 12.8 Å². The monoisotopic (exact) mass is 376 g/mol. The number of aryl methyl sites for hydroxylation is 1. The second-order valence-electron chi connectivity index (χ2n) is 7.92. The van der Waals surface area contributed by atoms with Crippen LogP contribution in [0.5, 0.6) is 5.75 Å². The third-order valence-electron chi connectivity index (χ3n) is 5.20. The van der Waals surface area contributed by atoms with Gasteiger partial charge in [0.25, 0.3) is 0 Å². The smallest absolute Gasteiger partial charge is 0.119 e. The molecule has 1 aromatic heterocycles. The number of hydrogen-bond donors (Lipinski definition) is 0. The van der Waals surface area contributed by atoms with Crippen molar-refractivity contribution in [1.82, 2.24) is 9.78 Å².